The van der Waals surface area contributed by atoms with Crippen molar-refractivity contribution in [1.82, 2.24) is 0 Å². The monoisotopic (exact) mass is 308 g/mol. The largest absolute Gasteiger partial charge is 0.338 e. The first-order valence-corrected chi connectivity index (χ1v) is 11.3. The van der Waals surface area contributed by atoms with Crippen LogP contribution in [0.1, 0.15) is 41.5 Å². The van der Waals surface area contributed by atoms with E-state index in [0.29, 0.717) is 8.02 Å². The molecule has 0 aromatic rings. The molecule has 0 aliphatic heterocycles. The van der Waals surface area contributed by atoms with Crippen molar-refractivity contribution >= 4 is 29.7 Å². The molecule has 0 aromatic carbocycles. The molecule has 2 N–H and O–H groups in total. The third-order valence-corrected chi connectivity index (χ3v) is 5.51. The van der Waals surface area contributed by atoms with Crippen LogP contribution in [0.5, 0.6) is 0 Å². The quantitative estimate of drug-likeness (QED) is 0.363. The number of rotatable bonds is 0. The molecule has 0 aliphatic rings. The summed E-state index contributed by atoms with van der Waals surface area (Å²) in [5.74, 6) is 0. The average molecular weight is 310 g/mol. The molecule has 6 heteroatoms. The van der Waals surface area contributed by atoms with Crippen LogP contribution < -0.4 is 0 Å². The second kappa shape index (κ2) is 6.32. The third-order valence-electron chi connectivity index (χ3n) is 1.06. The second-order valence-electron chi connectivity index (χ2n) is 5.81. The Morgan fingerprint density at radius 2 is 1.14 bits per heavy atom. The van der Waals surface area contributed by atoms with Gasteiger partial charge in [-0.3, -0.25) is 0 Å². The van der Waals surface area contributed by atoms with Gasteiger partial charge in [-0.05, 0) is 11.8 Å². The molecule has 0 saturated heterocycles. The summed E-state index contributed by atoms with van der Waals surface area (Å²) in [4.78, 5) is 15.7. The van der Waals surface area contributed by atoms with Crippen molar-refractivity contribution in [3.05, 3.63) is 0 Å². The zero-order chi connectivity index (χ0) is 12.2. The van der Waals surface area contributed by atoms with E-state index in [0.717, 1.165) is 0 Å². The maximum atomic E-state index is 7.87. The molecule has 84 valence electrons. The first kappa shape index (κ1) is 17.9. The molecular weight excluding hydrogens is 289 g/mol. The van der Waals surface area contributed by atoms with Crippen LogP contribution in [-0.4, -0.2) is 9.79 Å². The molecule has 0 amide bonds. The first-order chi connectivity index (χ1) is 5.71. The van der Waals surface area contributed by atoms with E-state index >= 15 is 0 Å². The van der Waals surface area contributed by atoms with Gasteiger partial charge in [0.15, 0.2) is 0 Å². The molecule has 0 rings (SSSR count). The van der Waals surface area contributed by atoms with Gasteiger partial charge in [0.2, 0.25) is 5.69 Å². The molecule has 0 unspecified atom stereocenters. The predicted octanol–water partition coefficient (Wildman–Crippen LogP) is 3.63. The fourth-order valence-corrected chi connectivity index (χ4v) is 8.27. The summed E-state index contributed by atoms with van der Waals surface area (Å²) in [6.07, 6.45) is 0. The van der Waals surface area contributed by atoms with Crippen LogP contribution >= 0.6 is 17.9 Å². The number of hydrogen-bond donors (Lipinski definition) is 3. The van der Waals surface area contributed by atoms with Gasteiger partial charge < -0.3 is 9.79 Å². The molecule has 14 heavy (non-hydrogen) atoms. The molecule has 0 atom stereocenters. The van der Waals surface area contributed by atoms with Gasteiger partial charge in [0.1, 0.15) is 0 Å². The fourth-order valence-electron chi connectivity index (χ4n) is 1.59. The smallest absolute Gasteiger partial charge is 0.239 e. The van der Waals surface area contributed by atoms with E-state index in [9.17, 15) is 0 Å². The normalized spacial score (nSPS) is 12.6. The minimum absolute atomic E-state index is 0.333. The molecule has 0 fully saturated rings. The Bertz CT molecular complexity index is 182. The van der Waals surface area contributed by atoms with E-state index in [-0.39, 0.29) is 17.1 Å². The van der Waals surface area contributed by atoms with Gasteiger partial charge in [-0.15, -0.1) is 0 Å². The van der Waals surface area contributed by atoms with Crippen LogP contribution in [0.15, 0.2) is 0 Å². The topological polar surface area (TPSA) is 40.5 Å². The van der Waals surface area contributed by atoms with E-state index in [1.54, 1.807) is 0 Å². The Morgan fingerprint density at radius 3 is 1.14 bits per heavy atom. The Hall–Kier alpha value is 1.54. The zero-order valence-corrected chi connectivity index (χ0v) is 15.5. The Kier molecular flexibility index (Phi) is 8.09. The first-order valence-electron chi connectivity index (χ1n) is 4.49. The van der Waals surface area contributed by atoms with Crippen molar-refractivity contribution < 1.29 is 26.9 Å². The van der Waals surface area contributed by atoms with Crippen molar-refractivity contribution in [3.8, 4) is 0 Å². The van der Waals surface area contributed by atoms with Gasteiger partial charge in [-0.25, -0.2) is 0 Å². The van der Waals surface area contributed by atoms with E-state index in [2.05, 4.69) is 65.6 Å². The summed E-state index contributed by atoms with van der Waals surface area (Å²) < 4.78 is 1.34. The van der Waals surface area contributed by atoms with Crippen LogP contribution in [0.4, 0.5) is 0 Å². The standard InChI is InChI=1S/2C4H9.H3O2PS2.Zn/c2*1-4(2)3;1-3(2,4)5;/h2*1-3H3;(H3,1,2,4,5);. The van der Waals surface area contributed by atoms with Crippen LogP contribution in [0, 0.1) is 0 Å². The number of hydrogen-bond acceptors (Lipinski definition) is 1. The number of thiol groups is 1. The molecule has 0 radical (unpaired) electrons. The summed E-state index contributed by atoms with van der Waals surface area (Å²) in [5, 5.41) is 0. The molecule has 0 aromatic heterocycles. The van der Waals surface area contributed by atoms with Gasteiger partial charge in [-0.1, -0.05) is 12.2 Å². The van der Waals surface area contributed by atoms with Gasteiger partial charge in [0.05, 0.1) is 0 Å². The summed E-state index contributed by atoms with van der Waals surface area (Å²) in [6, 6.07) is 0. The molecular formula is C8H21O2PS2Zn. The molecule has 0 bridgehead atoms. The summed E-state index contributed by atoms with van der Waals surface area (Å²) >= 11 is 6.74. The van der Waals surface area contributed by atoms with Crippen molar-refractivity contribution in [2.45, 2.75) is 49.6 Å². The molecule has 0 spiro atoms. The van der Waals surface area contributed by atoms with Crippen LogP contribution in [0.3, 0.4) is 0 Å². The van der Waals surface area contributed by atoms with E-state index in [1.165, 1.54) is 0 Å². The summed E-state index contributed by atoms with van der Waals surface area (Å²) in [6.45, 7) is 14.2. The predicted molar refractivity (Wildman–Crippen MR) is 67.1 cm³/mol. The van der Waals surface area contributed by atoms with Gasteiger partial charge >= 0.3 is 66.7 Å². The minimum atomic E-state index is -3.11. The van der Waals surface area contributed by atoms with Crippen molar-refractivity contribution in [2.24, 2.45) is 0 Å². The van der Waals surface area contributed by atoms with Crippen LogP contribution in [0.25, 0.3) is 0 Å². The van der Waals surface area contributed by atoms with E-state index in [1.807, 2.05) is 0 Å². The SMILES string of the molecule is C[C](C)(C)[Zn][C](C)(C)C.OP(O)(=S)S. The summed E-state index contributed by atoms with van der Waals surface area (Å²) in [7, 11) is 0. The van der Waals surface area contributed by atoms with Gasteiger partial charge in [-0.2, -0.15) is 0 Å². The van der Waals surface area contributed by atoms with Crippen molar-refractivity contribution in [2.75, 3.05) is 0 Å². The fraction of sp³-hybridized carbons (Fsp3) is 1.00. The molecule has 2 nitrogen and oxygen atoms in total. The zero-order valence-electron chi connectivity index (χ0n) is 9.90. The van der Waals surface area contributed by atoms with Crippen molar-refractivity contribution in [3.63, 3.8) is 0 Å². The molecule has 0 aliphatic carbocycles. The molecule has 0 heterocycles. The second-order valence-corrected chi connectivity index (χ2v) is 20.5. The van der Waals surface area contributed by atoms with Gasteiger partial charge in [0.25, 0.3) is 0 Å². The van der Waals surface area contributed by atoms with Crippen molar-refractivity contribution in [1.29, 1.82) is 0 Å². The molecule has 0 saturated carbocycles. The van der Waals surface area contributed by atoms with Crippen LogP contribution in [0.2, 0.25) is 8.02 Å². The Labute approximate surface area is 106 Å². The third kappa shape index (κ3) is 37.4. The maximum Gasteiger partial charge on any atom is 0.239 e. The Morgan fingerprint density at radius 1 is 1.00 bits per heavy atom. The minimum Gasteiger partial charge on any atom is -0.338 e. The van der Waals surface area contributed by atoms with Gasteiger partial charge in [0, 0.05) is 0 Å². The maximum absolute atomic E-state index is 7.87. The van der Waals surface area contributed by atoms with E-state index in [4.69, 9.17) is 9.79 Å². The Balaban J connectivity index is 0. The van der Waals surface area contributed by atoms with E-state index < -0.39 is 5.69 Å². The average Bonchev–Trinajstić information content (AvgIpc) is 1.42. The summed E-state index contributed by atoms with van der Waals surface area (Å²) in [5.41, 5.74) is -3.11. The van der Waals surface area contributed by atoms with Crippen LogP contribution in [-0.2, 0) is 28.9 Å².